The molecule has 0 saturated carbocycles. The topological polar surface area (TPSA) is 91.3 Å². The first-order chi connectivity index (χ1) is 11.1. The van der Waals surface area contributed by atoms with E-state index >= 15 is 0 Å². The minimum atomic E-state index is -0.655. The second-order valence-corrected chi connectivity index (χ2v) is 4.52. The number of rotatable bonds is 5. The first-order valence-corrected chi connectivity index (χ1v) is 6.58. The molecule has 0 atom stereocenters. The molecule has 116 valence electrons. The molecule has 8 heteroatoms. The maximum absolute atomic E-state index is 13.2. The van der Waals surface area contributed by atoms with Gasteiger partial charge in [0.1, 0.15) is 5.82 Å². The predicted molar refractivity (Wildman–Crippen MR) is 77.1 cm³/mol. The Kier molecular flexibility index (Phi) is 3.96. The third-order valence-electron chi connectivity index (χ3n) is 2.96. The molecule has 0 aliphatic heterocycles. The molecule has 0 amide bonds. The summed E-state index contributed by atoms with van der Waals surface area (Å²) in [7, 11) is 0. The Labute approximate surface area is 129 Å². The van der Waals surface area contributed by atoms with E-state index in [1.165, 1.54) is 0 Å². The number of hydrogen-bond donors (Lipinski definition) is 0. The van der Waals surface area contributed by atoms with Crippen LogP contribution in [0.25, 0.3) is 11.5 Å². The number of benzene rings is 2. The Morgan fingerprint density at radius 3 is 2.70 bits per heavy atom. The molecule has 2 aromatic carbocycles. The molecule has 0 N–H and O–H groups in total. The molecule has 0 unspecified atom stereocenters. The zero-order valence-electron chi connectivity index (χ0n) is 11.7. The SMILES string of the molecule is O=[N+]([O-])c1ccc(F)cc1OCc1nnc(-c2ccccc2)o1. The monoisotopic (exact) mass is 315 g/mol. The number of nitro groups is 1. The summed E-state index contributed by atoms with van der Waals surface area (Å²) < 4.78 is 23.9. The van der Waals surface area contributed by atoms with Crippen LogP contribution in [0.3, 0.4) is 0 Å². The summed E-state index contributed by atoms with van der Waals surface area (Å²) in [6.07, 6.45) is 0. The van der Waals surface area contributed by atoms with Gasteiger partial charge in [0.15, 0.2) is 6.61 Å². The van der Waals surface area contributed by atoms with Gasteiger partial charge >= 0.3 is 5.69 Å². The largest absolute Gasteiger partial charge is 0.477 e. The summed E-state index contributed by atoms with van der Waals surface area (Å²) in [5.74, 6) is -0.407. The van der Waals surface area contributed by atoms with Gasteiger partial charge in [-0.05, 0) is 18.2 Å². The van der Waals surface area contributed by atoms with Crippen LogP contribution in [0.2, 0.25) is 0 Å². The Hall–Kier alpha value is -3.29. The lowest BCUT2D eigenvalue weighted by Gasteiger charge is -2.04. The summed E-state index contributed by atoms with van der Waals surface area (Å²) in [6.45, 7) is -0.204. The van der Waals surface area contributed by atoms with Crippen LogP contribution in [0.5, 0.6) is 5.75 Å². The molecule has 1 aromatic heterocycles. The minimum Gasteiger partial charge on any atom is -0.477 e. The fourth-order valence-electron chi connectivity index (χ4n) is 1.90. The van der Waals surface area contributed by atoms with Gasteiger partial charge in [-0.1, -0.05) is 18.2 Å². The van der Waals surface area contributed by atoms with E-state index in [0.717, 1.165) is 23.8 Å². The summed E-state index contributed by atoms with van der Waals surface area (Å²) >= 11 is 0. The van der Waals surface area contributed by atoms with Crippen molar-refractivity contribution in [2.45, 2.75) is 6.61 Å². The van der Waals surface area contributed by atoms with Crippen molar-refractivity contribution < 1.29 is 18.5 Å². The van der Waals surface area contributed by atoms with Crippen LogP contribution in [0.1, 0.15) is 5.89 Å². The van der Waals surface area contributed by atoms with E-state index in [-0.39, 0.29) is 23.9 Å². The smallest absolute Gasteiger partial charge is 0.311 e. The quantitative estimate of drug-likeness (QED) is 0.529. The van der Waals surface area contributed by atoms with Gasteiger partial charge in [-0.3, -0.25) is 10.1 Å². The maximum Gasteiger partial charge on any atom is 0.311 e. The van der Waals surface area contributed by atoms with Gasteiger partial charge in [0.05, 0.1) is 4.92 Å². The summed E-state index contributed by atoms with van der Waals surface area (Å²) in [6, 6.07) is 12.1. The van der Waals surface area contributed by atoms with E-state index < -0.39 is 10.7 Å². The first kappa shape index (κ1) is 14.6. The van der Waals surface area contributed by atoms with Crippen molar-refractivity contribution in [2.24, 2.45) is 0 Å². The van der Waals surface area contributed by atoms with E-state index in [9.17, 15) is 14.5 Å². The lowest BCUT2D eigenvalue weighted by molar-refractivity contribution is -0.386. The van der Waals surface area contributed by atoms with Gasteiger partial charge in [-0.2, -0.15) is 0 Å². The van der Waals surface area contributed by atoms with Crippen molar-refractivity contribution in [3.8, 4) is 17.2 Å². The minimum absolute atomic E-state index is 0.127. The number of hydrogen-bond acceptors (Lipinski definition) is 6. The third-order valence-corrected chi connectivity index (χ3v) is 2.96. The zero-order chi connectivity index (χ0) is 16.2. The van der Waals surface area contributed by atoms with Gasteiger partial charge in [0, 0.05) is 17.7 Å². The van der Waals surface area contributed by atoms with Crippen LogP contribution in [0.15, 0.2) is 52.9 Å². The number of ether oxygens (including phenoxy) is 1. The van der Waals surface area contributed by atoms with E-state index in [2.05, 4.69) is 10.2 Å². The van der Waals surface area contributed by atoms with Crippen LogP contribution in [0.4, 0.5) is 10.1 Å². The molecule has 23 heavy (non-hydrogen) atoms. The van der Waals surface area contributed by atoms with Crippen LogP contribution in [-0.4, -0.2) is 15.1 Å². The molecule has 0 fully saturated rings. The average molecular weight is 315 g/mol. The van der Waals surface area contributed by atoms with Crippen molar-refractivity contribution in [3.63, 3.8) is 0 Å². The third kappa shape index (κ3) is 3.31. The molecular formula is C15H10FN3O4. The molecular weight excluding hydrogens is 305 g/mol. The fourth-order valence-corrected chi connectivity index (χ4v) is 1.90. The van der Waals surface area contributed by atoms with E-state index in [4.69, 9.17) is 9.15 Å². The standard InChI is InChI=1S/C15H10FN3O4/c16-11-6-7-12(19(20)21)13(8-11)22-9-14-17-18-15(23-14)10-4-2-1-3-5-10/h1-8H,9H2. The van der Waals surface area contributed by atoms with Gasteiger partial charge in [-0.25, -0.2) is 4.39 Å². The van der Waals surface area contributed by atoms with Crippen LogP contribution < -0.4 is 4.74 Å². The highest BCUT2D eigenvalue weighted by atomic mass is 19.1. The molecule has 0 radical (unpaired) electrons. The van der Waals surface area contributed by atoms with E-state index in [0.29, 0.717) is 5.89 Å². The summed E-state index contributed by atoms with van der Waals surface area (Å²) in [4.78, 5) is 10.2. The Bertz CT molecular complexity index is 836. The van der Waals surface area contributed by atoms with Gasteiger partial charge in [0.2, 0.25) is 11.6 Å². The molecule has 0 aliphatic rings. The highest BCUT2D eigenvalue weighted by Crippen LogP contribution is 2.28. The Balaban J connectivity index is 1.76. The van der Waals surface area contributed by atoms with Gasteiger partial charge in [0.25, 0.3) is 5.89 Å². The number of halogens is 1. The second-order valence-electron chi connectivity index (χ2n) is 4.52. The number of aromatic nitrogens is 2. The molecule has 1 heterocycles. The predicted octanol–water partition coefficient (Wildman–Crippen LogP) is 3.36. The molecule has 7 nitrogen and oxygen atoms in total. The Morgan fingerprint density at radius 2 is 1.96 bits per heavy atom. The normalized spacial score (nSPS) is 10.5. The summed E-state index contributed by atoms with van der Waals surface area (Å²) in [5.41, 5.74) is 0.400. The highest BCUT2D eigenvalue weighted by molar-refractivity contribution is 5.51. The zero-order valence-corrected chi connectivity index (χ0v) is 11.7. The van der Waals surface area contributed by atoms with Crippen molar-refractivity contribution in [3.05, 3.63) is 70.4 Å². The molecule has 3 aromatic rings. The molecule has 0 bridgehead atoms. The Morgan fingerprint density at radius 1 is 1.17 bits per heavy atom. The van der Waals surface area contributed by atoms with Gasteiger partial charge in [-0.15, -0.1) is 10.2 Å². The molecule has 3 rings (SSSR count). The molecule has 0 saturated heterocycles. The highest BCUT2D eigenvalue weighted by Gasteiger charge is 2.17. The number of nitrogens with zero attached hydrogens (tertiary/aromatic N) is 3. The van der Waals surface area contributed by atoms with Crippen molar-refractivity contribution in [1.29, 1.82) is 0 Å². The van der Waals surface area contributed by atoms with Crippen LogP contribution in [-0.2, 0) is 6.61 Å². The molecule has 0 aliphatic carbocycles. The second kappa shape index (κ2) is 6.22. The van der Waals surface area contributed by atoms with Crippen molar-refractivity contribution >= 4 is 5.69 Å². The average Bonchev–Trinajstić information content (AvgIpc) is 3.02. The van der Waals surface area contributed by atoms with Crippen molar-refractivity contribution in [2.75, 3.05) is 0 Å². The lowest BCUT2D eigenvalue weighted by atomic mass is 10.2. The lowest BCUT2D eigenvalue weighted by Crippen LogP contribution is -2.00. The van der Waals surface area contributed by atoms with Crippen LogP contribution >= 0.6 is 0 Å². The fraction of sp³-hybridized carbons (Fsp3) is 0.0667. The number of nitro benzene ring substituents is 1. The maximum atomic E-state index is 13.2. The van der Waals surface area contributed by atoms with Crippen molar-refractivity contribution in [1.82, 2.24) is 10.2 Å². The van der Waals surface area contributed by atoms with E-state index in [1.807, 2.05) is 18.2 Å². The molecule has 0 spiro atoms. The van der Waals surface area contributed by atoms with Gasteiger partial charge < -0.3 is 9.15 Å². The van der Waals surface area contributed by atoms with Crippen LogP contribution in [0, 0.1) is 15.9 Å². The van der Waals surface area contributed by atoms with E-state index in [1.54, 1.807) is 12.1 Å². The first-order valence-electron chi connectivity index (χ1n) is 6.58. The summed E-state index contributed by atoms with van der Waals surface area (Å²) in [5, 5.41) is 18.6.